The molecular formula is C14H19N3O2. The average Bonchev–Trinajstić information content (AvgIpc) is 2.73. The van der Waals surface area contributed by atoms with Crippen molar-refractivity contribution in [3.63, 3.8) is 0 Å². The molecular weight excluding hydrogens is 242 g/mol. The van der Waals surface area contributed by atoms with Crippen molar-refractivity contribution in [1.82, 2.24) is 14.9 Å². The van der Waals surface area contributed by atoms with Crippen molar-refractivity contribution in [2.75, 3.05) is 13.2 Å². The number of fused-ring (bicyclic) bond motifs is 1. The van der Waals surface area contributed by atoms with E-state index in [1.165, 1.54) is 0 Å². The van der Waals surface area contributed by atoms with Gasteiger partial charge in [0.1, 0.15) is 5.82 Å². The van der Waals surface area contributed by atoms with E-state index in [2.05, 4.69) is 14.9 Å². The van der Waals surface area contributed by atoms with Crippen LogP contribution in [-0.4, -0.2) is 28.7 Å². The molecule has 0 fully saturated rings. The molecule has 1 N–H and O–H groups in total. The Morgan fingerprint density at radius 1 is 1.42 bits per heavy atom. The minimum atomic E-state index is -0.167. The summed E-state index contributed by atoms with van der Waals surface area (Å²) in [5.41, 5.74) is 2.11. The van der Waals surface area contributed by atoms with Crippen molar-refractivity contribution in [3.05, 3.63) is 30.1 Å². The largest absolute Gasteiger partial charge is 0.466 e. The topological polar surface area (TPSA) is 56.1 Å². The van der Waals surface area contributed by atoms with E-state index < -0.39 is 0 Å². The highest BCUT2D eigenvalue weighted by molar-refractivity contribution is 5.75. The van der Waals surface area contributed by atoms with E-state index in [0.717, 1.165) is 16.9 Å². The van der Waals surface area contributed by atoms with E-state index in [4.69, 9.17) is 4.74 Å². The van der Waals surface area contributed by atoms with Gasteiger partial charge in [-0.05, 0) is 19.1 Å². The lowest BCUT2D eigenvalue weighted by Gasteiger charge is -2.05. The third-order valence-corrected chi connectivity index (χ3v) is 2.97. The zero-order valence-corrected chi connectivity index (χ0v) is 11.3. The molecule has 0 unspecified atom stereocenters. The number of nitrogens with zero attached hydrogens (tertiary/aromatic N) is 2. The Kier molecular flexibility index (Phi) is 4.52. The number of aryl methyl sites for hydroxylation is 1. The molecule has 1 heterocycles. The predicted octanol–water partition coefficient (Wildman–Crippen LogP) is 1.62. The van der Waals surface area contributed by atoms with Crippen molar-refractivity contribution in [1.29, 1.82) is 0 Å². The molecule has 102 valence electrons. The summed E-state index contributed by atoms with van der Waals surface area (Å²) < 4.78 is 6.93. The van der Waals surface area contributed by atoms with Gasteiger partial charge < -0.3 is 14.6 Å². The zero-order chi connectivity index (χ0) is 13.7. The molecule has 0 atom stereocenters. The Hall–Kier alpha value is -1.88. The minimum Gasteiger partial charge on any atom is -0.466 e. The van der Waals surface area contributed by atoms with Gasteiger partial charge in [0.25, 0.3) is 0 Å². The maximum Gasteiger partial charge on any atom is 0.307 e. The van der Waals surface area contributed by atoms with Gasteiger partial charge in [0, 0.05) is 13.6 Å². The van der Waals surface area contributed by atoms with Crippen molar-refractivity contribution in [2.24, 2.45) is 7.05 Å². The van der Waals surface area contributed by atoms with Crippen molar-refractivity contribution < 1.29 is 9.53 Å². The van der Waals surface area contributed by atoms with E-state index in [9.17, 15) is 4.79 Å². The molecule has 1 aromatic carbocycles. The highest BCUT2D eigenvalue weighted by atomic mass is 16.5. The van der Waals surface area contributed by atoms with Gasteiger partial charge in [-0.15, -0.1) is 0 Å². The lowest BCUT2D eigenvalue weighted by Crippen LogP contribution is -2.20. The lowest BCUT2D eigenvalue weighted by molar-refractivity contribution is -0.142. The summed E-state index contributed by atoms with van der Waals surface area (Å²) in [6, 6.07) is 8.02. The van der Waals surface area contributed by atoms with Crippen molar-refractivity contribution >= 4 is 17.0 Å². The molecule has 2 aromatic rings. The van der Waals surface area contributed by atoms with E-state index >= 15 is 0 Å². The first-order chi connectivity index (χ1) is 9.22. The second-order valence-electron chi connectivity index (χ2n) is 4.31. The quantitative estimate of drug-likeness (QED) is 0.634. The van der Waals surface area contributed by atoms with Crippen LogP contribution in [-0.2, 0) is 23.1 Å². The van der Waals surface area contributed by atoms with Gasteiger partial charge in [-0.2, -0.15) is 0 Å². The monoisotopic (exact) mass is 261 g/mol. The summed E-state index contributed by atoms with van der Waals surface area (Å²) in [6.45, 7) is 3.49. The Bertz CT molecular complexity index is 563. The second kappa shape index (κ2) is 6.33. The van der Waals surface area contributed by atoms with Crippen LogP contribution in [0.5, 0.6) is 0 Å². The van der Waals surface area contributed by atoms with Crippen LogP contribution >= 0.6 is 0 Å². The maximum absolute atomic E-state index is 11.2. The number of hydrogen-bond donors (Lipinski definition) is 1. The Labute approximate surface area is 112 Å². The smallest absolute Gasteiger partial charge is 0.307 e. The van der Waals surface area contributed by atoms with Crippen molar-refractivity contribution in [3.8, 4) is 0 Å². The predicted molar refractivity (Wildman–Crippen MR) is 73.7 cm³/mol. The first kappa shape index (κ1) is 13.5. The van der Waals surface area contributed by atoms with Gasteiger partial charge in [-0.1, -0.05) is 12.1 Å². The molecule has 0 aliphatic carbocycles. The van der Waals surface area contributed by atoms with Crippen LogP contribution in [0.1, 0.15) is 19.2 Å². The number of imidazole rings is 1. The third-order valence-electron chi connectivity index (χ3n) is 2.97. The summed E-state index contributed by atoms with van der Waals surface area (Å²) in [6.07, 6.45) is 0.387. The van der Waals surface area contributed by atoms with Gasteiger partial charge in [-0.25, -0.2) is 4.98 Å². The van der Waals surface area contributed by atoms with Gasteiger partial charge >= 0.3 is 5.97 Å². The SMILES string of the molecule is CCOC(=O)CCNCc1nc2ccccc2n1C. The standard InChI is InChI=1S/C14H19N3O2/c1-3-19-14(18)8-9-15-10-13-16-11-6-4-5-7-12(11)17(13)2/h4-7,15H,3,8-10H2,1-2H3. The molecule has 0 aliphatic rings. The average molecular weight is 261 g/mol. The van der Waals surface area contributed by atoms with Crippen molar-refractivity contribution in [2.45, 2.75) is 19.9 Å². The summed E-state index contributed by atoms with van der Waals surface area (Å²) in [5.74, 6) is 0.796. The number of hydrogen-bond acceptors (Lipinski definition) is 4. The number of carbonyl (C=O) groups excluding carboxylic acids is 1. The van der Waals surface area contributed by atoms with E-state index in [1.54, 1.807) is 0 Å². The molecule has 0 amide bonds. The van der Waals surface area contributed by atoms with Crippen LogP contribution in [0.15, 0.2) is 24.3 Å². The molecule has 5 nitrogen and oxygen atoms in total. The summed E-state index contributed by atoms with van der Waals surface area (Å²) in [7, 11) is 2.00. The minimum absolute atomic E-state index is 0.167. The van der Waals surface area contributed by atoms with Gasteiger partial charge in [0.2, 0.25) is 0 Å². The van der Waals surface area contributed by atoms with Crippen LogP contribution in [0.4, 0.5) is 0 Å². The van der Waals surface area contributed by atoms with Crippen LogP contribution in [0.2, 0.25) is 0 Å². The number of aromatic nitrogens is 2. The molecule has 5 heteroatoms. The molecule has 0 saturated heterocycles. The maximum atomic E-state index is 11.2. The van der Waals surface area contributed by atoms with E-state index in [-0.39, 0.29) is 5.97 Å². The molecule has 19 heavy (non-hydrogen) atoms. The lowest BCUT2D eigenvalue weighted by atomic mass is 10.3. The number of carbonyl (C=O) groups is 1. The summed E-state index contributed by atoms with van der Waals surface area (Å²) >= 11 is 0. The Balaban J connectivity index is 1.88. The fourth-order valence-corrected chi connectivity index (χ4v) is 1.98. The second-order valence-corrected chi connectivity index (χ2v) is 4.31. The summed E-state index contributed by atoms with van der Waals surface area (Å²) in [4.78, 5) is 15.7. The van der Waals surface area contributed by atoms with Crippen LogP contribution < -0.4 is 5.32 Å². The van der Waals surface area contributed by atoms with Gasteiger partial charge in [0.05, 0.1) is 30.6 Å². The Morgan fingerprint density at radius 2 is 2.21 bits per heavy atom. The molecule has 0 radical (unpaired) electrons. The normalized spacial score (nSPS) is 10.8. The number of rotatable bonds is 6. The van der Waals surface area contributed by atoms with E-state index in [1.807, 2.05) is 38.2 Å². The number of ether oxygens (including phenoxy) is 1. The molecule has 1 aromatic heterocycles. The molecule has 0 aliphatic heterocycles. The fraction of sp³-hybridized carbons (Fsp3) is 0.429. The molecule has 0 bridgehead atoms. The van der Waals surface area contributed by atoms with Gasteiger partial charge in [-0.3, -0.25) is 4.79 Å². The van der Waals surface area contributed by atoms with Crippen LogP contribution in [0, 0.1) is 0 Å². The molecule has 2 rings (SSSR count). The highest BCUT2D eigenvalue weighted by Gasteiger charge is 2.07. The van der Waals surface area contributed by atoms with Crippen LogP contribution in [0.3, 0.4) is 0 Å². The first-order valence-corrected chi connectivity index (χ1v) is 6.49. The first-order valence-electron chi connectivity index (χ1n) is 6.49. The number of nitrogens with one attached hydrogen (secondary N) is 1. The Morgan fingerprint density at radius 3 is 2.95 bits per heavy atom. The number of esters is 1. The number of para-hydroxylation sites is 2. The highest BCUT2D eigenvalue weighted by Crippen LogP contribution is 2.13. The van der Waals surface area contributed by atoms with Gasteiger partial charge in [0.15, 0.2) is 0 Å². The number of benzene rings is 1. The molecule has 0 saturated carbocycles. The zero-order valence-electron chi connectivity index (χ0n) is 11.3. The third kappa shape index (κ3) is 3.32. The fourth-order valence-electron chi connectivity index (χ4n) is 1.98. The summed E-state index contributed by atoms with van der Waals surface area (Å²) in [5, 5.41) is 3.21. The van der Waals surface area contributed by atoms with Crippen LogP contribution in [0.25, 0.3) is 11.0 Å². The van der Waals surface area contributed by atoms with E-state index in [0.29, 0.717) is 26.1 Å². The molecule has 0 spiro atoms.